The van der Waals surface area contributed by atoms with Crippen molar-refractivity contribution >= 4 is 43.9 Å². The number of para-hydroxylation sites is 2. The second kappa shape index (κ2) is 11.4. The standard InChI is InChI=1S/C52H36O2/c1-29-13-5-7-15-33(29)35-21-23-37-38-24-22-36(34-16-8-6-14-30(34)2)32(4)48(38)52-40(26-28-46-50(52)42-18-10-12-20-44(42)54-46)39-25-27-45-49(51(39)47(37)31(35)3)41-17-9-11-19-43(41)53-45/h5-28H,1-4H3. The number of benzene rings is 8. The van der Waals surface area contributed by atoms with Gasteiger partial charge in [-0.2, -0.15) is 0 Å². The Labute approximate surface area is 313 Å². The van der Waals surface area contributed by atoms with Crippen LogP contribution in [0.25, 0.3) is 111 Å². The van der Waals surface area contributed by atoms with Gasteiger partial charge in [0, 0.05) is 32.7 Å². The molecule has 0 aliphatic heterocycles. The van der Waals surface area contributed by atoms with Crippen LogP contribution in [0.3, 0.4) is 0 Å². The minimum Gasteiger partial charge on any atom is -0.456 e. The van der Waals surface area contributed by atoms with Gasteiger partial charge in [0.2, 0.25) is 0 Å². The quantitative estimate of drug-likeness (QED) is 0.180. The van der Waals surface area contributed by atoms with Crippen molar-refractivity contribution in [2.24, 2.45) is 0 Å². The zero-order valence-electron chi connectivity index (χ0n) is 30.7. The molecule has 0 atom stereocenters. The first-order valence-electron chi connectivity index (χ1n) is 18.8. The average molecular weight is 693 g/mol. The molecule has 2 aromatic heterocycles. The predicted octanol–water partition coefficient (Wildman–Crippen LogP) is 15.0. The molecule has 0 amide bonds. The van der Waals surface area contributed by atoms with Gasteiger partial charge >= 0.3 is 0 Å². The minimum atomic E-state index is 0.893. The maximum Gasteiger partial charge on any atom is 0.136 e. The van der Waals surface area contributed by atoms with Crippen LogP contribution in [-0.4, -0.2) is 0 Å². The van der Waals surface area contributed by atoms with E-state index in [1.807, 2.05) is 0 Å². The summed E-state index contributed by atoms with van der Waals surface area (Å²) in [6.07, 6.45) is 0. The van der Waals surface area contributed by atoms with E-state index in [1.54, 1.807) is 0 Å². The summed E-state index contributed by atoms with van der Waals surface area (Å²) in [6, 6.07) is 52.8. The van der Waals surface area contributed by atoms with E-state index >= 15 is 0 Å². The van der Waals surface area contributed by atoms with Crippen LogP contribution in [0.4, 0.5) is 0 Å². The fourth-order valence-corrected chi connectivity index (χ4v) is 9.45. The Bertz CT molecular complexity index is 2990. The molecule has 0 saturated heterocycles. The topological polar surface area (TPSA) is 26.3 Å². The van der Waals surface area contributed by atoms with Gasteiger partial charge in [0.25, 0.3) is 0 Å². The highest BCUT2D eigenvalue weighted by Crippen LogP contribution is 2.57. The summed E-state index contributed by atoms with van der Waals surface area (Å²) in [6.45, 7) is 9.05. The van der Waals surface area contributed by atoms with E-state index in [1.165, 1.54) is 89.0 Å². The highest BCUT2D eigenvalue weighted by atomic mass is 16.3. The molecule has 1 aliphatic rings. The third-order valence-corrected chi connectivity index (χ3v) is 12.0. The Morgan fingerprint density at radius 3 is 1.07 bits per heavy atom. The maximum atomic E-state index is 6.63. The van der Waals surface area contributed by atoms with Gasteiger partial charge in [-0.05, 0) is 142 Å². The van der Waals surface area contributed by atoms with Crippen molar-refractivity contribution in [3.05, 3.63) is 168 Å². The molecule has 8 aromatic carbocycles. The van der Waals surface area contributed by atoms with Crippen LogP contribution >= 0.6 is 0 Å². The lowest BCUT2D eigenvalue weighted by atomic mass is 9.74. The molecule has 2 heterocycles. The lowest BCUT2D eigenvalue weighted by Gasteiger charge is -2.28. The normalized spacial score (nSPS) is 12.1. The summed E-state index contributed by atoms with van der Waals surface area (Å²) in [5.41, 5.74) is 23.3. The van der Waals surface area contributed by atoms with E-state index in [0.717, 1.165) is 43.9 Å². The van der Waals surface area contributed by atoms with E-state index < -0.39 is 0 Å². The second-order valence-corrected chi connectivity index (χ2v) is 14.9. The van der Waals surface area contributed by atoms with E-state index in [-0.39, 0.29) is 0 Å². The van der Waals surface area contributed by atoms with Crippen LogP contribution in [-0.2, 0) is 0 Å². The summed E-state index contributed by atoms with van der Waals surface area (Å²) in [7, 11) is 0. The van der Waals surface area contributed by atoms with Crippen LogP contribution in [0, 0.1) is 27.7 Å². The summed E-state index contributed by atoms with van der Waals surface area (Å²) in [4.78, 5) is 0. The van der Waals surface area contributed by atoms with Gasteiger partial charge < -0.3 is 8.83 Å². The van der Waals surface area contributed by atoms with E-state index in [9.17, 15) is 0 Å². The van der Waals surface area contributed by atoms with Crippen molar-refractivity contribution in [1.29, 1.82) is 0 Å². The third-order valence-electron chi connectivity index (χ3n) is 12.0. The van der Waals surface area contributed by atoms with Gasteiger partial charge in [-0.25, -0.2) is 0 Å². The maximum absolute atomic E-state index is 6.63. The van der Waals surface area contributed by atoms with Crippen LogP contribution in [0.5, 0.6) is 0 Å². The van der Waals surface area contributed by atoms with Crippen molar-refractivity contribution in [3.63, 3.8) is 0 Å². The SMILES string of the molecule is Cc1ccccc1-c1ccc2c(c1C)-c1c(ccc3oc4ccccc4c13)-c1ccc3oc4ccccc4c3c1-c1c-2ccc(-c2ccccc2C)c1C. The zero-order valence-corrected chi connectivity index (χ0v) is 30.7. The molecule has 0 unspecified atom stereocenters. The van der Waals surface area contributed by atoms with Gasteiger partial charge in [-0.1, -0.05) is 109 Å². The van der Waals surface area contributed by atoms with Gasteiger partial charge in [-0.15, -0.1) is 0 Å². The molecule has 256 valence electrons. The van der Waals surface area contributed by atoms with Gasteiger partial charge in [-0.3, -0.25) is 0 Å². The van der Waals surface area contributed by atoms with E-state index in [4.69, 9.17) is 8.83 Å². The minimum absolute atomic E-state index is 0.893. The monoisotopic (exact) mass is 692 g/mol. The number of hydrogen-bond acceptors (Lipinski definition) is 2. The highest BCUT2D eigenvalue weighted by Gasteiger charge is 2.31. The molecule has 0 radical (unpaired) electrons. The van der Waals surface area contributed by atoms with E-state index in [0.29, 0.717) is 0 Å². The van der Waals surface area contributed by atoms with E-state index in [2.05, 4.69) is 173 Å². The lowest BCUT2D eigenvalue weighted by Crippen LogP contribution is -2.03. The summed E-state index contributed by atoms with van der Waals surface area (Å²) < 4.78 is 13.3. The summed E-state index contributed by atoms with van der Waals surface area (Å²) >= 11 is 0. The second-order valence-electron chi connectivity index (χ2n) is 14.9. The fourth-order valence-electron chi connectivity index (χ4n) is 9.45. The lowest BCUT2D eigenvalue weighted by molar-refractivity contribution is 0.668. The van der Waals surface area contributed by atoms with Crippen LogP contribution in [0.15, 0.2) is 154 Å². The van der Waals surface area contributed by atoms with Crippen molar-refractivity contribution in [2.45, 2.75) is 27.7 Å². The van der Waals surface area contributed by atoms with Gasteiger partial charge in [0.05, 0.1) is 0 Å². The van der Waals surface area contributed by atoms with Crippen LogP contribution < -0.4 is 0 Å². The molecule has 10 aromatic rings. The zero-order chi connectivity index (χ0) is 36.2. The van der Waals surface area contributed by atoms with Crippen LogP contribution in [0.1, 0.15) is 22.3 Å². The molecule has 0 N–H and O–H groups in total. The smallest absolute Gasteiger partial charge is 0.136 e. The Kier molecular flexibility index (Phi) is 6.55. The molecular weight excluding hydrogens is 657 g/mol. The van der Waals surface area contributed by atoms with Gasteiger partial charge in [0.1, 0.15) is 22.3 Å². The first-order valence-corrected chi connectivity index (χ1v) is 18.8. The molecule has 11 rings (SSSR count). The molecular formula is C52H36O2. The molecule has 0 bridgehead atoms. The van der Waals surface area contributed by atoms with Gasteiger partial charge in [0.15, 0.2) is 0 Å². The fraction of sp³-hybridized carbons (Fsp3) is 0.0769. The summed E-state index contributed by atoms with van der Waals surface area (Å²) in [5.74, 6) is 0. The molecule has 1 aliphatic carbocycles. The Balaban J connectivity index is 1.39. The van der Waals surface area contributed by atoms with Crippen molar-refractivity contribution in [1.82, 2.24) is 0 Å². The molecule has 2 nitrogen and oxygen atoms in total. The third kappa shape index (κ3) is 4.22. The Hall–Kier alpha value is -6.64. The number of hydrogen-bond donors (Lipinski definition) is 0. The first kappa shape index (κ1) is 30.9. The molecule has 0 saturated carbocycles. The number of rotatable bonds is 2. The first-order chi connectivity index (χ1) is 26.5. The number of fused-ring (bicyclic) bond motifs is 16. The Morgan fingerprint density at radius 2 is 0.630 bits per heavy atom. The van der Waals surface area contributed by atoms with Crippen molar-refractivity contribution in [3.8, 4) is 66.8 Å². The number of aryl methyl sites for hydroxylation is 2. The molecule has 2 heteroatoms. The predicted molar refractivity (Wildman–Crippen MR) is 226 cm³/mol. The van der Waals surface area contributed by atoms with Crippen LogP contribution in [0.2, 0.25) is 0 Å². The van der Waals surface area contributed by atoms with Crippen molar-refractivity contribution < 1.29 is 8.83 Å². The number of furan rings is 2. The summed E-state index contributed by atoms with van der Waals surface area (Å²) in [5, 5.41) is 4.54. The average Bonchev–Trinajstić information content (AvgIpc) is 3.76. The molecule has 0 spiro atoms. The largest absolute Gasteiger partial charge is 0.456 e. The van der Waals surface area contributed by atoms with Crippen molar-refractivity contribution in [2.75, 3.05) is 0 Å². The highest BCUT2D eigenvalue weighted by molar-refractivity contribution is 6.24. The Morgan fingerprint density at radius 1 is 0.278 bits per heavy atom. The molecule has 54 heavy (non-hydrogen) atoms. The molecule has 0 fully saturated rings.